The summed E-state index contributed by atoms with van der Waals surface area (Å²) >= 11 is 0. The van der Waals surface area contributed by atoms with Gasteiger partial charge in [0.15, 0.2) is 0 Å². The molecular formula is C24H12O12S4. The van der Waals surface area contributed by atoms with E-state index in [0.29, 0.717) is 32.3 Å². The van der Waals surface area contributed by atoms with Gasteiger partial charge < -0.3 is 0 Å². The molecule has 0 saturated heterocycles. The Hall–Kier alpha value is -3.48. The molecule has 0 aliphatic heterocycles. The van der Waals surface area contributed by atoms with Crippen molar-refractivity contribution in [3.05, 3.63) is 48.5 Å². The minimum absolute atomic E-state index is 0.0823. The second-order valence-electron chi connectivity index (χ2n) is 9.37. The maximum atomic E-state index is 12.8. The molecule has 0 radical (unpaired) electrons. The number of benzene rings is 7. The highest BCUT2D eigenvalue weighted by Gasteiger charge is 2.40. The summed E-state index contributed by atoms with van der Waals surface area (Å²) in [5, 5.41) is 0.130. The lowest BCUT2D eigenvalue weighted by atomic mass is 9.83. The highest BCUT2D eigenvalue weighted by Crippen LogP contribution is 2.54. The van der Waals surface area contributed by atoms with Crippen molar-refractivity contribution >= 4 is 105 Å². The number of rotatable bonds is 4. The van der Waals surface area contributed by atoms with Crippen LogP contribution in [0.4, 0.5) is 0 Å². The zero-order valence-electron chi connectivity index (χ0n) is 19.3. The largest absolute Gasteiger partial charge is 0.296 e. The second-order valence-corrected chi connectivity index (χ2v) is 14.8. The Balaban J connectivity index is 2.13. The Labute approximate surface area is 224 Å². The Morgan fingerprint density at radius 2 is 0.600 bits per heavy atom. The molecule has 0 heterocycles. The van der Waals surface area contributed by atoms with Crippen LogP contribution >= 0.6 is 0 Å². The van der Waals surface area contributed by atoms with Crippen molar-refractivity contribution in [3.8, 4) is 0 Å². The average molecular weight is 621 g/mol. The van der Waals surface area contributed by atoms with Crippen LogP contribution in [-0.2, 0) is 40.5 Å². The Morgan fingerprint density at radius 3 is 0.900 bits per heavy atom. The summed E-state index contributed by atoms with van der Waals surface area (Å²) in [5.41, 5.74) is 0. The van der Waals surface area contributed by atoms with E-state index in [-0.39, 0.29) is 16.2 Å². The van der Waals surface area contributed by atoms with Crippen LogP contribution in [0.15, 0.2) is 68.1 Å². The van der Waals surface area contributed by atoms with Crippen LogP contribution in [0.3, 0.4) is 0 Å². The normalized spacial score (nSPS) is 14.3. The molecule has 0 amide bonds. The zero-order chi connectivity index (χ0) is 28.9. The summed E-state index contributed by atoms with van der Waals surface area (Å²) in [5.74, 6) is 0. The van der Waals surface area contributed by atoms with E-state index >= 15 is 0 Å². The van der Waals surface area contributed by atoms with E-state index in [9.17, 15) is 51.9 Å². The standard InChI is InChI=1S/C24H12O12S4/c25-37(26,27)21-12-7-5-10-3-1-9-2-4-11-6-8-13-18-16(11)14(9)15(10)17(12)19(18)20(23(21)39(31,32)33)24(40(34,35)36)22(13)38(28,29)30/h1-8H,(H,25,26,27)(H,28,29,30)(H,31,32,33)(H,34,35,36). The van der Waals surface area contributed by atoms with Crippen LogP contribution in [0.5, 0.6) is 0 Å². The first kappa shape index (κ1) is 25.5. The molecule has 12 nitrogen and oxygen atoms in total. The summed E-state index contributed by atoms with van der Waals surface area (Å²) in [6.07, 6.45) is 0. The first-order valence-corrected chi connectivity index (χ1v) is 16.8. The van der Waals surface area contributed by atoms with Gasteiger partial charge in [-0.15, -0.1) is 0 Å². The topological polar surface area (TPSA) is 217 Å². The van der Waals surface area contributed by atoms with Crippen molar-refractivity contribution in [2.45, 2.75) is 19.6 Å². The first-order chi connectivity index (χ1) is 18.4. The van der Waals surface area contributed by atoms with E-state index in [1.54, 1.807) is 24.3 Å². The van der Waals surface area contributed by atoms with Gasteiger partial charge in [0.05, 0.1) is 0 Å². The quantitative estimate of drug-likeness (QED) is 0.125. The molecule has 7 aromatic carbocycles. The van der Waals surface area contributed by atoms with Crippen LogP contribution in [-0.4, -0.2) is 51.9 Å². The molecule has 0 aromatic heterocycles. The van der Waals surface area contributed by atoms with Crippen LogP contribution in [0.25, 0.3) is 64.6 Å². The Kier molecular flexibility index (Phi) is 4.61. The maximum Gasteiger partial charge on any atom is 0.296 e. The molecule has 0 aliphatic carbocycles. The first-order valence-electron chi connectivity index (χ1n) is 11.0. The van der Waals surface area contributed by atoms with E-state index in [2.05, 4.69) is 0 Å². The predicted octanol–water partition coefficient (Wildman–Crippen LogP) is 3.91. The van der Waals surface area contributed by atoms with Crippen LogP contribution < -0.4 is 0 Å². The third-order valence-electron chi connectivity index (χ3n) is 7.29. The van der Waals surface area contributed by atoms with Gasteiger partial charge in [0.25, 0.3) is 40.5 Å². The van der Waals surface area contributed by atoms with Crippen LogP contribution in [0.2, 0.25) is 0 Å². The van der Waals surface area contributed by atoms with E-state index in [1.807, 2.05) is 0 Å². The van der Waals surface area contributed by atoms with Gasteiger partial charge in [-0.2, -0.15) is 33.7 Å². The van der Waals surface area contributed by atoms with Gasteiger partial charge >= 0.3 is 0 Å². The minimum atomic E-state index is -5.80. The molecule has 204 valence electrons. The van der Waals surface area contributed by atoms with Gasteiger partial charge in [0, 0.05) is 32.3 Å². The molecule has 16 heteroatoms. The monoisotopic (exact) mass is 620 g/mol. The lowest BCUT2D eigenvalue weighted by Crippen LogP contribution is -2.16. The number of hydrogen-bond acceptors (Lipinski definition) is 8. The van der Waals surface area contributed by atoms with Crippen molar-refractivity contribution in [3.63, 3.8) is 0 Å². The summed E-state index contributed by atoms with van der Waals surface area (Å²) in [6, 6.07) is 12.0. The van der Waals surface area contributed by atoms with Gasteiger partial charge in [-0.3, -0.25) is 18.2 Å². The van der Waals surface area contributed by atoms with Gasteiger partial charge in [0.2, 0.25) is 0 Å². The van der Waals surface area contributed by atoms with Crippen molar-refractivity contribution in [2.75, 3.05) is 0 Å². The van der Waals surface area contributed by atoms with E-state index in [0.717, 1.165) is 12.1 Å². The Bertz CT molecular complexity index is 2550. The van der Waals surface area contributed by atoms with Crippen molar-refractivity contribution in [2.24, 2.45) is 0 Å². The molecule has 7 rings (SSSR count). The van der Waals surface area contributed by atoms with Crippen molar-refractivity contribution < 1.29 is 51.9 Å². The van der Waals surface area contributed by atoms with Crippen molar-refractivity contribution in [1.82, 2.24) is 0 Å². The van der Waals surface area contributed by atoms with Crippen molar-refractivity contribution in [1.29, 1.82) is 0 Å². The lowest BCUT2D eigenvalue weighted by molar-refractivity contribution is 0.465. The Morgan fingerprint density at radius 1 is 0.325 bits per heavy atom. The summed E-state index contributed by atoms with van der Waals surface area (Å²) < 4.78 is 143. The molecule has 0 saturated carbocycles. The lowest BCUT2D eigenvalue weighted by Gasteiger charge is -2.25. The third kappa shape index (κ3) is 3.06. The third-order valence-corrected chi connectivity index (χ3v) is 11.3. The molecular weight excluding hydrogens is 609 g/mol. The predicted molar refractivity (Wildman–Crippen MR) is 144 cm³/mol. The van der Waals surface area contributed by atoms with Gasteiger partial charge in [-0.1, -0.05) is 48.5 Å². The molecule has 40 heavy (non-hydrogen) atoms. The van der Waals surface area contributed by atoms with Crippen LogP contribution in [0, 0.1) is 0 Å². The molecule has 4 N–H and O–H groups in total. The molecule has 0 bridgehead atoms. The van der Waals surface area contributed by atoms with Gasteiger partial charge in [-0.05, 0) is 32.3 Å². The molecule has 0 atom stereocenters. The fourth-order valence-electron chi connectivity index (χ4n) is 6.13. The summed E-state index contributed by atoms with van der Waals surface area (Å²) in [6.45, 7) is 0. The molecule has 0 aliphatic rings. The fourth-order valence-corrected chi connectivity index (χ4v) is 10.6. The second kappa shape index (κ2) is 7.23. The summed E-state index contributed by atoms with van der Waals surface area (Å²) in [7, 11) is -22.8. The summed E-state index contributed by atoms with van der Waals surface area (Å²) in [4.78, 5) is -6.23. The van der Waals surface area contributed by atoms with E-state index in [1.165, 1.54) is 12.1 Å². The molecule has 7 aromatic rings. The minimum Gasteiger partial charge on any atom is -0.282 e. The fraction of sp³-hybridized carbons (Fsp3) is 0. The van der Waals surface area contributed by atoms with Gasteiger partial charge in [0.1, 0.15) is 19.6 Å². The average Bonchev–Trinajstić information content (AvgIpc) is 2.82. The molecule has 0 spiro atoms. The molecule has 0 unspecified atom stereocenters. The van der Waals surface area contributed by atoms with E-state index < -0.39 is 76.2 Å². The number of hydrogen-bond donors (Lipinski definition) is 4. The van der Waals surface area contributed by atoms with Gasteiger partial charge in [-0.25, -0.2) is 0 Å². The highest BCUT2D eigenvalue weighted by molar-refractivity contribution is 7.90. The zero-order valence-corrected chi connectivity index (χ0v) is 22.6. The SMILES string of the molecule is O=S(=O)(O)c1c(S(=O)(=O)O)c2c(S(=O)(=O)O)c(S(=O)(=O)O)c3ccc4ccc5ccc6ccc1c1c6c5c4c3c21. The van der Waals surface area contributed by atoms with Crippen LogP contribution in [0.1, 0.15) is 0 Å². The smallest absolute Gasteiger partial charge is 0.282 e. The maximum absolute atomic E-state index is 12.8. The highest BCUT2D eigenvalue weighted by atomic mass is 32.2. The molecule has 0 fully saturated rings. The van der Waals surface area contributed by atoms with E-state index in [4.69, 9.17) is 0 Å².